The smallest absolute Gasteiger partial charge is 0.338 e. The Morgan fingerprint density at radius 2 is 2.10 bits per heavy atom. The van der Waals surface area contributed by atoms with Crippen LogP contribution >= 0.6 is 15.9 Å². The largest absolute Gasteiger partial charge is 0.462 e. The van der Waals surface area contributed by atoms with Gasteiger partial charge in [-0.1, -0.05) is 6.07 Å². The Morgan fingerprint density at radius 1 is 1.29 bits per heavy atom. The van der Waals surface area contributed by atoms with Crippen molar-refractivity contribution in [1.82, 2.24) is 4.98 Å². The lowest BCUT2D eigenvalue weighted by atomic mass is 10.2. The van der Waals surface area contributed by atoms with Gasteiger partial charge in [-0.3, -0.25) is 9.78 Å². The van der Waals surface area contributed by atoms with Crippen molar-refractivity contribution in [1.29, 1.82) is 0 Å². The summed E-state index contributed by atoms with van der Waals surface area (Å²) in [4.78, 5) is 27.6. The summed E-state index contributed by atoms with van der Waals surface area (Å²) in [7, 11) is 0. The zero-order valence-electron chi connectivity index (χ0n) is 11.3. The van der Waals surface area contributed by atoms with Gasteiger partial charge in [0.05, 0.1) is 17.9 Å². The number of nitrogens with one attached hydrogen (secondary N) is 1. The van der Waals surface area contributed by atoms with Gasteiger partial charge in [-0.05, 0) is 53.2 Å². The molecule has 0 spiro atoms. The minimum atomic E-state index is -0.402. The molecule has 0 aliphatic carbocycles. The molecule has 1 N–H and O–H groups in total. The van der Waals surface area contributed by atoms with Crippen LogP contribution < -0.4 is 5.32 Å². The highest BCUT2D eigenvalue weighted by molar-refractivity contribution is 9.10. The van der Waals surface area contributed by atoms with Crippen molar-refractivity contribution in [3.05, 3.63) is 58.3 Å². The molecule has 1 heterocycles. The number of rotatable bonds is 4. The topological polar surface area (TPSA) is 68.3 Å². The molecular formula is C15H13BrN2O3. The van der Waals surface area contributed by atoms with Crippen LogP contribution in [0.15, 0.2) is 47.1 Å². The van der Waals surface area contributed by atoms with Gasteiger partial charge in [0.2, 0.25) is 0 Å². The van der Waals surface area contributed by atoms with E-state index in [0.717, 1.165) is 0 Å². The van der Waals surface area contributed by atoms with Gasteiger partial charge in [-0.15, -0.1) is 0 Å². The van der Waals surface area contributed by atoms with Crippen molar-refractivity contribution in [3.63, 3.8) is 0 Å². The summed E-state index contributed by atoms with van der Waals surface area (Å²) in [5.41, 5.74) is 1.29. The second-order valence-electron chi connectivity index (χ2n) is 4.08. The molecule has 0 saturated carbocycles. The highest BCUT2D eigenvalue weighted by Gasteiger charge is 2.12. The number of carbonyl (C=O) groups is 2. The maximum absolute atomic E-state index is 12.0. The summed E-state index contributed by atoms with van der Waals surface area (Å²) >= 11 is 3.32. The normalized spacial score (nSPS) is 10.0. The number of esters is 1. The van der Waals surface area contributed by atoms with Crippen LogP contribution in [-0.4, -0.2) is 23.5 Å². The van der Waals surface area contributed by atoms with Crippen molar-refractivity contribution >= 4 is 33.5 Å². The van der Waals surface area contributed by atoms with Crippen molar-refractivity contribution in [2.45, 2.75) is 6.92 Å². The van der Waals surface area contributed by atoms with Gasteiger partial charge in [0, 0.05) is 10.7 Å². The lowest BCUT2D eigenvalue weighted by Gasteiger charge is -2.08. The Hall–Kier alpha value is -2.21. The van der Waals surface area contributed by atoms with E-state index in [1.54, 1.807) is 49.5 Å². The number of halogens is 1. The second-order valence-corrected chi connectivity index (χ2v) is 4.94. The number of carbonyl (C=O) groups excluding carboxylic acids is 2. The monoisotopic (exact) mass is 348 g/mol. The van der Waals surface area contributed by atoms with Crippen LogP contribution in [0.3, 0.4) is 0 Å². The molecule has 1 aromatic carbocycles. The molecule has 0 bridgehead atoms. The average Bonchev–Trinajstić information content (AvgIpc) is 2.50. The predicted molar refractivity (Wildman–Crippen MR) is 82.3 cm³/mol. The molecule has 1 aromatic heterocycles. The van der Waals surface area contributed by atoms with Crippen LogP contribution in [0.5, 0.6) is 0 Å². The van der Waals surface area contributed by atoms with E-state index in [1.165, 1.54) is 0 Å². The van der Waals surface area contributed by atoms with Gasteiger partial charge in [0.1, 0.15) is 5.69 Å². The Balaban J connectivity index is 2.15. The fourth-order valence-corrected chi connectivity index (χ4v) is 2.12. The number of hydrogen-bond donors (Lipinski definition) is 1. The minimum Gasteiger partial charge on any atom is -0.462 e. The number of ether oxygens (including phenoxy) is 1. The lowest BCUT2D eigenvalue weighted by Crippen LogP contribution is -2.14. The van der Waals surface area contributed by atoms with Crippen molar-refractivity contribution in [2.75, 3.05) is 11.9 Å². The molecule has 0 saturated heterocycles. The minimum absolute atomic E-state index is 0.314. The SMILES string of the molecule is CCOC(=O)c1ccc(NC(=O)c2ccccn2)c(Br)c1. The Kier molecular flexibility index (Phi) is 5.05. The number of anilines is 1. The van der Waals surface area contributed by atoms with Crippen molar-refractivity contribution in [3.8, 4) is 0 Å². The third-order valence-corrected chi connectivity index (χ3v) is 3.28. The van der Waals surface area contributed by atoms with Crippen LogP contribution in [0.25, 0.3) is 0 Å². The average molecular weight is 349 g/mol. The molecule has 0 atom stereocenters. The van der Waals surface area contributed by atoms with Crippen LogP contribution in [0.2, 0.25) is 0 Å². The van der Waals surface area contributed by atoms with Crippen LogP contribution in [0.4, 0.5) is 5.69 Å². The molecule has 5 nitrogen and oxygen atoms in total. The Morgan fingerprint density at radius 3 is 2.71 bits per heavy atom. The molecular weight excluding hydrogens is 336 g/mol. The molecule has 0 radical (unpaired) electrons. The van der Waals surface area contributed by atoms with E-state index >= 15 is 0 Å². The number of pyridine rings is 1. The number of amides is 1. The molecule has 0 aliphatic heterocycles. The van der Waals surface area contributed by atoms with E-state index in [4.69, 9.17) is 4.74 Å². The van der Waals surface area contributed by atoms with Crippen molar-refractivity contribution < 1.29 is 14.3 Å². The first-order valence-corrected chi connectivity index (χ1v) is 7.10. The van der Waals surface area contributed by atoms with E-state index in [-0.39, 0.29) is 5.91 Å². The summed E-state index contributed by atoms with van der Waals surface area (Å²) in [6.07, 6.45) is 1.55. The van der Waals surface area contributed by atoms with E-state index in [1.807, 2.05) is 0 Å². The second kappa shape index (κ2) is 6.99. The summed E-state index contributed by atoms with van der Waals surface area (Å²) in [5, 5.41) is 2.72. The molecule has 2 aromatic rings. The van der Waals surface area contributed by atoms with Gasteiger partial charge >= 0.3 is 5.97 Å². The van der Waals surface area contributed by atoms with Gasteiger partial charge in [0.25, 0.3) is 5.91 Å². The Labute approximate surface area is 130 Å². The Bertz CT molecular complexity index is 659. The van der Waals surface area contributed by atoms with Gasteiger partial charge in [-0.25, -0.2) is 4.79 Å². The number of aromatic nitrogens is 1. The lowest BCUT2D eigenvalue weighted by molar-refractivity contribution is 0.0526. The molecule has 21 heavy (non-hydrogen) atoms. The fourth-order valence-electron chi connectivity index (χ4n) is 1.64. The fraction of sp³-hybridized carbons (Fsp3) is 0.133. The van der Waals surface area contributed by atoms with Gasteiger partial charge in [-0.2, -0.15) is 0 Å². The third kappa shape index (κ3) is 3.88. The first kappa shape index (κ1) is 15.2. The third-order valence-electron chi connectivity index (χ3n) is 2.63. The molecule has 2 rings (SSSR count). The highest BCUT2D eigenvalue weighted by atomic mass is 79.9. The standard InChI is InChI=1S/C15H13BrN2O3/c1-2-21-15(20)10-6-7-12(11(16)9-10)18-14(19)13-5-3-4-8-17-13/h3-9H,2H2,1H3,(H,18,19). The molecule has 0 unspecified atom stereocenters. The number of nitrogens with zero attached hydrogens (tertiary/aromatic N) is 1. The zero-order chi connectivity index (χ0) is 15.2. The predicted octanol–water partition coefficient (Wildman–Crippen LogP) is 3.27. The summed E-state index contributed by atoms with van der Waals surface area (Å²) in [6.45, 7) is 2.06. The number of hydrogen-bond acceptors (Lipinski definition) is 4. The first-order valence-electron chi connectivity index (χ1n) is 6.31. The maximum atomic E-state index is 12.0. The van der Waals surface area contributed by atoms with E-state index in [9.17, 15) is 9.59 Å². The van der Waals surface area contributed by atoms with Gasteiger partial charge < -0.3 is 10.1 Å². The quantitative estimate of drug-likeness (QED) is 0.861. The highest BCUT2D eigenvalue weighted by Crippen LogP contribution is 2.24. The van der Waals surface area contributed by atoms with E-state index in [0.29, 0.717) is 28.0 Å². The summed E-state index contributed by atoms with van der Waals surface area (Å²) in [5.74, 6) is -0.721. The van der Waals surface area contributed by atoms with Crippen LogP contribution in [-0.2, 0) is 4.74 Å². The van der Waals surface area contributed by atoms with Gasteiger partial charge in [0.15, 0.2) is 0 Å². The number of benzene rings is 1. The van der Waals surface area contributed by atoms with E-state index in [2.05, 4.69) is 26.2 Å². The van der Waals surface area contributed by atoms with Crippen LogP contribution in [0.1, 0.15) is 27.8 Å². The summed E-state index contributed by atoms with van der Waals surface area (Å²) < 4.78 is 5.51. The molecule has 108 valence electrons. The summed E-state index contributed by atoms with van der Waals surface area (Å²) in [6, 6.07) is 9.93. The zero-order valence-corrected chi connectivity index (χ0v) is 12.9. The molecule has 0 fully saturated rings. The first-order chi connectivity index (χ1) is 10.1. The molecule has 0 aliphatic rings. The molecule has 1 amide bonds. The van der Waals surface area contributed by atoms with E-state index < -0.39 is 5.97 Å². The van der Waals surface area contributed by atoms with Crippen LogP contribution in [0, 0.1) is 0 Å². The van der Waals surface area contributed by atoms with Crippen molar-refractivity contribution in [2.24, 2.45) is 0 Å². The maximum Gasteiger partial charge on any atom is 0.338 e. The molecule has 6 heteroatoms.